The van der Waals surface area contributed by atoms with Gasteiger partial charge in [0.1, 0.15) is 6.10 Å². The first-order chi connectivity index (χ1) is 10.3. The summed E-state index contributed by atoms with van der Waals surface area (Å²) in [6.07, 6.45) is 6.42. The minimum absolute atomic E-state index is 0.215. The SMILES string of the molecule is O=C(Cc1ccc2c(c1)CCC2)C1CN2CCCC2CO1. The molecule has 3 nitrogen and oxygen atoms in total. The highest BCUT2D eigenvalue weighted by molar-refractivity contribution is 5.85. The smallest absolute Gasteiger partial charge is 0.167 e. The molecule has 2 aliphatic heterocycles. The Kier molecular flexibility index (Phi) is 3.56. The third-order valence-corrected chi connectivity index (χ3v) is 5.29. The lowest BCUT2D eigenvalue weighted by Crippen LogP contribution is -2.49. The summed E-state index contributed by atoms with van der Waals surface area (Å²) in [4.78, 5) is 14.9. The zero-order valence-corrected chi connectivity index (χ0v) is 12.5. The average Bonchev–Trinajstić information content (AvgIpc) is 3.14. The number of hydrogen-bond donors (Lipinski definition) is 0. The average molecular weight is 285 g/mol. The van der Waals surface area contributed by atoms with Gasteiger partial charge in [-0.05, 0) is 55.3 Å². The number of rotatable bonds is 3. The molecule has 0 aromatic heterocycles. The molecule has 3 aliphatic rings. The van der Waals surface area contributed by atoms with Gasteiger partial charge in [0, 0.05) is 19.0 Å². The van der Waals surface area contributed by atoms with Crippen molar-refractivity contribution in [3.8, 4) is 0 Å². The molecule has 1 aromatic carbocycles. The lowest BCUT2D eigenvalue weighted by molar-refractivity contribution is -0.137. The van der Waals surface area contributed by atoms with Crippen LogP contribution in [0.5, 0.6) is 0 Å². The van der Waals surface area contributed by atoms with E-state index in [1.165, 1.54) is 43.2 Å². The number of carbonyl (C=O) groups is 1. The number of morpholine rings is 1. The van der Waals surface area contributed by atoms with Gasteiger partial charge >= 0.3 is 0 Å². The van der Waals surface area contributed by atoms with Gasteiger partial charge in [0.05, 0.1) is 6.61 Å². The van der Waals surface area contributed by atoms with Crippen molar-refractivity contribution >= 4 is 5.78 Å². The van der Waals surface area contributed by atoms with Crippen LogP contribution in [-0.4, -0.2) is 42.5 Å². The van der Waals surface area contributed by atoms with Crippen LogP contribution in [0.2, 0.25) is 0 Å². The lowest BCUT2D eigenvalue weighted by atomic mass is 10.00. The van der Waals surface area contributed by atoms with Crippen LogP contribution in [0.1, 0.15) is 36.0 Å². The zero-order valence-electron chi connectivity index (χ0n) is 12.5. The molecule has 2 heterocycles. The van der Waals surface area contributed by atoms with Gasteiger partial charge in [0.25, 0.3) is 0 Å². The van der Waals surface area contributed by atoms with E-state index in [1.54, 1.807) is 0 Å². The molecule has 0 N–H and O–H groups in total. The van der Waals surface area contributed by atoms with Crippen molar-refractivity contribution in [1.82, 2.24) is 4.90 Å². The second kappa shape index (κ2) is 5.54. The molecular weight excluding hydrogens is 262 g/mol. The first kappa shape index (κ1) is 13.5. The van der Waals surface area contributed by atoms with Gasteiger partial charge in [-0.15, -0.1) is 0 Å². The van der Waals surface area contributed by atoms with Gasteiger partial charge in [-0.1, -0.05) is 18.2 Å². The molecule has 3 heteroatoms. The summed E-state index contributed by atoms with van der Waals surface area (Å²) < 4.78 is 5.83. The molecule has 2 fully saturated rings. The largest absolute Gasteiger partial charge is 0.367 e. The number of nitrogens with zero attached hydrogens (tertiary/aromatic N) is 1. The lowest BCUT2D eigenvalue weighted by Gasteiger charge is -2.34. The van der Waals surface area contributed by atoms with Crippen LogP contribution in [0.4, 0.5) is 0 Å². The Morgan fingerprint density at radius 3 is 3.10 bits per heavy atom. The highest BCUT2D eigenvalue weighted by Gasteiger charge is 2.35. The Labute approximate surface area is 126 Å². The first-order valence-corrected chi connectivity index (χ1v) is 8.28. The van der Waals surface area contributed by atoms with Crippen LogP contribution >= 0.6 is 0 Å². The number of ether oxygens (including phenoxy) is 1. The maximum atomic E-state index is 12.5. The van der Waals surface area contributed by atoms with E-state index in [1.807, 2.05) is 0 Å². The summed E-state index contributed by atoms with van der Waals surface area (Å²) in [5, 5.41) is 0. The molecule has 0 bridgehead atoms. The Morgan fingerprint density at radius 1 is 1.24 bits per heavy atom. The van der Waals surface area contributed by atoms with Crippen molar-refractivity contribution in [1.29, 1.82) is 0 Å². The normalized spacial score (nSPS) is 28.4. The van der Waals surface area contributed by atoms with Crippen molar-refractivity contribution in [3.63, 3.8) is 0 Å². The molecule has 2 atom stereocenters. The Balaban J connectivity index is 1.41. The van der Waals surface area contributed by atoms with Gasteiger partial charge < -0.3 is 4.74 Å². The van der Waals surface area contributed by atoms with Crippen LogP contribution in [0.15, 0.2) is 18.2 Å². The van der Waals surface area contributed by atoms with E-state index in [-0.39, 0.29) is 11.9 Å². The van der Waals surface area contributed by atoms with E-state index in [0.717, 1.165) is 25.3 Å². The monoisotopic (exact) mass is 285 g/mol. The zero-order chi connectivity index (χ0) is 14.2. The van der Waals surface area contributed by atoms with Gasteiger partial charge in [0.2, 0.25) is 0 Å². The van der Waals surface area contributed by atoms with Crippen molar-refractivity contribution in [2.45, 2.75) is 50.7 Å². The minimum atomic E-state index is -0.215. The molecule has 2 saturated heterocycles. The fraction of sp³-hybridized carbons (Fsp3) is 0.611. The van der Waals surface area contributed by atoms with E-state index < -0.39 is 0 Å². The number of benzene rings is 1. The van der Waals surface area contributed by atoms with E-state index in [0.29, 0.717) is 12.5 Å². The van der Waals surface area contributed by atoms with Crippen molar-refractivity contribution < 1.29 is 9.53 Å². The van der Waals surface area contributed by atoms with Crippen molar-refractivity contribution in [3.05, 3.63) is 34.9 Å². The molecule has 0 spiro atoms. The molecular formula is C18H23NO2. The predicted octanol–water partition coefficient (Wildman–Crippen LogP) is 2.15. The minimum Gasteiger partial charge on any atom is -0.367 e. The van der Waals surface area contributed by atoms with Crippen LogP contribution < -0.4 is 0 Å². The number of fused-ring (bicyclic) bond motifs is 2. The van der Waals surface area contributed by atoms with Crippen LogP contribution in [-0.2, 0) is 28.8 Å². The highest BCUT2D eigenvalue weighted by Crippen LogP contribution is 2.25. The number of aryl methyl sites for hydroxylation is 2. The summed E-state index contributed by atoms with van der Waals surface area (Å²) in [7, 11) is 0. The van der Waals surface area contributed by atoms with Gasteiger partial charge in [-0.2, -0.15) is 0 Å². The number of carbonyl (C=O) groups excluding carboxylic acids is 1. The second-order valence-electron chi connectivity index (χ2n) is 6.71. The molecule has 4 rings (SSSR count). The standard InChI is InChI=1S/C18H23NO2/c20-17(18-11-19-8-2-5-16(19)12-21-18)10-13-6-7-14-3-1-4-15(14)9-13/h6-7,9,16,18H,1-5,8,10-12H2. The summed E-state index contributed by atoms with van der Waals surface area (Å²) in [6.45, 7) is 2.67. The topological polar surface area (TPSA) is 29.5 Å². The molecule has 1 aromatic rings. The third-order valence-electron chi connectivity index (χ3n) is 5.29. The van der Waals surface area contributed by atoms with Crippen LogP contribution in [0.3, 0.4) is 0 Å². The summed E-state index contributed by atoms with van der Waals surface area (Å²) in [6, 6.07) is 7.14. The maximum Gasteiger partial charge on any atom is 0.167 e. The van der Waals surface area contributed by atoms with Crippen molar-refractivity contribution in [2.75, 3.05) is 19.7 Å². The summed E-state index contributed by atoms with van der Waals surface area (Å²) >= 11 is 0. The van der Waals surface area contributed by atoms with Crippen LogP contribution in [0, 0.1) is 0 Å². The molecule has 0 amide bonds. The summed E-state index contributed by atoms with van der Waals surface area (Å²) in [5.41, 5.74) is 4.08. The van der Waals surface area contributed by atoms with Gasteiger partial charge in [0.15, 0.2) is 5.78 Å². The molecule has 112 valence electrons. The third kappa shape index (κ3) is 2.65. The molecule has 1 aliphatic carbocycles. The molecule has 2 unspecified atom stereocenters. The molecule has 21 heavy (non-hydrogen) atoms. The van der Waals surface area contributed by atoms with Gasteiger partial charge in [-0.3, -0.25) is 9.69 Å². The fourth-order valence-corrected chi connectivity index (χ4v) is 4.06. The highest BCUT2D eigenvalue weighted by atomic mass is 16.5. The van der Waals surface area contributed by atoms with Gasteiger partial charge in [-0.25, -0.2) is 0 Å². The van der Waals surface area contributed by atoms with Crippen molar-refractivity contribution in [2.24, 2.45) is 0 Å². The molecule has 0 saturated carbocycles. The quantitative estimate of drug-likeness (QED) is 0.852. The predicted molar refractivity (Wildman–Crippen MR) is 81.5 cm³/mol. The first-order valence-electron chi connectivity index (χ1n) is 8.28. The van der Waals surface area contributed by atoms with E-state index in [9.17, 15) is 4.79 Å². The molecule has 0 radical (unpaired) electrons. The number of Topliss-reactive ketones (excluding diaryl/α,β-unsaturated/α-hetero) is 1. The number of hydrogen-bond acceptors (Lipinski definition) is 3. The van der Waals surface area contributed by atoms with E-state index >= 15 is 0 Å². The number of ketones is 1. The Morgan fingerprint density at radius 2 is 2.14 bits per heavy atom. The van der Waals surface area contributed by atoms with E-state index in [4.69, 9.17) is 4.74 Å². The Bertz CT molecular complexity index is 554. The summed E-state index contributed by atoms with van der Waals surface area (Å²) in [5.74, 6) is 0.248. The van der Waals surface area contributed by atoms with E-state index in [2.05, 4.69) is 23.1 Å². The second-order valence-corrected chi connectivity index (χ2v) is 6.71. The maximum absolute atomic E-state index is 12.5. The van der Waals surface area contributed by atoms with Crippen LogP contribution in [0.25, 0.3) is 0 Å². The Hall–Kier alpha value is -1.19. The fourth-order valence-electron chi connectivity index (χ4n) is 4.06.